The van der Waals surface area contributed by atoms with E-state index in [1.807, 2.05) is 36.4 Å². The zero-order chi connectivity index (χ0) is 14.7. The van der Waals surface area contributed by atoms with Gasteiger partial charge in [0.2, 0.25) is 0 Å². The van der Waals surface area contributed by atoms with Crippen LogP contribution in [0.25, 0.3) is 21.8 Å². The number of hydrogen-bond acceptors (Lipinski definition) is 4. The average molecular weight is 285 g/mol. The second-order valence-electron chi connectivity index (χ2n) is 4.81. The first-order valence-electron chi connectivity index (χ1n) is 7.03. The number of aromatic nitrogens is 1. The molecular formula is C16H19N3O2. The summed E-state index contributed by atoms with van der Waals surface area (Å²) in [7, 11) is 0. The first-order valence-corrected chi connectivity index (χ1v) is 7.03. The highest BCUT2D eigenvalue weighted by molar-refractivity contribution is 6.08. The summed E-state index contributed by atoms with van der Waals surface area (Å²) in [5.41, 5.74) is 13.0. The molecule has 0 radical (unpaired) electrons. The fourth-order valence-electron chi connectivity index (χ4n) is 2.40. The third kappa shape index (κ3) is 2.79. The lowest BCUT2D eigenvalue weighted by atomic mass is 10.1. The Balaban J connectivity index is 1.99. The molecule has 0 saturated heterocycles. The van der Waals surface area contributed by atoms with E-state index in [1.54, 1.807) is 0 Å². The largest absolute Gasteiger partial charge is 0.492 e. The predicted octanol–water partition coefficient (Wildman–Crippen LogP) is 2.00. The lowest BCUT2D eigenvalue weighted by Gasteiger charge is -2.04. The SMILES string of the molecule is NCCOc1ccc2c(c1)[nH]c1ccc(OCCN)cc12. The van der Waals surface area contributed by atoms with Crippen molar-refractivity contribution >= 4 is 21.8 Å². The van der Waals surface area contributed by atoms with E-state index in [-0.39, 0.29) is 0 Å². The zero-order valence-electron chi connectivity index (χ0n) is 11.8. The molecule has 0 unspecified atom stereocenters. The topological polar surface area (TPSA) is 86.3 Å². The molecule has 0 aliphatic heterocycles. The molecule has 3 rings (SSSR count). The minimum absolute atomic E-state index is 0.507. The first kappa shape index (κ1) is 13.7. The molecular weight excluding hydrogens is 266 g/mol. The van der Waals surface area contributed by atoms with Gasteiger partial charge in [0.15, 0.2) is 0 Å². The van der Waals surface area contributed by atoms with Gasteiger partial charge in [-0.15, -0.1) is 0 Å². The number of benzene rings is 2. The lowest BCUT2D eigenvalue weighted by Crippen LogP contribution is -2.10. The molecule has 5 heteroatoms. The molecule has 0 amide bonds. The molecule has 110 valence electrons. The van der Waals surface area contributed by atoms with E-state index in [1.165, 1.54) is 0 Å². The molecule has 5 N–H and O–H groups in total. The molecule has 2 aromatic carbocycles. The maximum absolute atomic E-state index is 5.58. The van der Waals surface area contributed by atoms with Gasteiger partial charge < -0.3 is 25.9 Å². The van der Waals surface area contributed by atoms with Gasteiger partial charge in [0.05, 0.1) is 5.52 Å². The maximum atomic E-state index is 5.58. The van der Waals surface area contributed by atoms with E-state index in [0.717, 1.165) is 33.3 Å². The maximum Gasteiger partial charge on any atom is 0.121 e. The molecule has 1 heterocycles. The van der Waals surface area contributed by atoms with Gasteiger partial charge in [-0.25, -0.2) is 0 Å². The van der Waals surface area contributed by atoms with Crippen molar-refractivity contribution in [3.8, 4) is 11.5 Å². The van der Waals surface area contributed by atoms with Gasteiger partial charge in [-0.05, 0) is 30.3 Å². The van der Waals surface area contributed by atoms with Crippen molar-refractivity contribution in [2.24, 2.45) is 11.5 Å². The summed E-state index contributed by atoms with van der Waals surface area (Å²) in [5.74, 6) is 1.65. The van der Waals surface area contributed by atoms with Crippen LogP contribution in [0, 0.1) is 0 Å². The number of hydrogen-bond donors (Lipinski definition) is 3. The summed E-state index contributed by atoms with van der Waals surface area (Å²) in [6.07, 6.45) is 0. The Labute approximate surface area is 122 Å². The molecule has 0 aliphatic rings. The van der Waals surface area contributed by atoms with Crippen molar-refractivity contribution in [2.75, 3.05) is 26.3 Å². The molecule has 21 heavy (non-hydrogen) atoms. The van der Waals surface area contributed by atoms with E-state index in [0.29, 0.717) is 26.3 Å². The Hall–Kier alpha value is -2.24. The van der Waals surface area contributed by atoms with Crippen LogP contribution < -0.4 is 20.9 Å². The summed E-state index contributed by atoms with van der Waals surface area (Å²) in [6, 6.07) is 12.0. The highest BCUT2D eigenvalue weighted by Crippen LogP contribution is 2.30. The number of aromatic amines is 1. The minimum atomic E-state index is 0.507. The van der Waals surface area contributed by atoms with E-state index in [9.17, 15) is 0 Å². The van der Waals surface area contributed by atoms with Crippen molar-refractivity contribution in [1.29, 1.82) is 0 Å². The molecule has 0 bridgehead atoms. The van der Waals surface area contributed by atoms with Crippen molar-refractivity contribution in [3.63, 3.8) is 0 Å². The predicted molar refractivity (Wildman–Crippen MR) is 84.9 cm³/mol. The number of ether oxygens (including phenoxy) is 2. The van der Waals surface area contributed by atoms with Gasteiger partial charge in [0.25, 0.3) is 0 Å². The fourth-order valence-corrected chi connectivity index (χ4v) is 2.40. The molecule has 0 saturated carbocycles. The molecule has 3 aromatic rings. The van der Waals surface area contributed by atoms with Crippen LogP contribution in [0.15, 0.2) is 36.4 Å². The van der Waals surface area contributed by atoms with Crippen LogP contribution in [0.2, 0.25) is 0 Å². The van der Waals surface area contributed by atoms with Crippen LogP contribution in [0.1, 0.15) is 0 Å². The van der Waals surface area contributed by atoms with Crippen LogP contribution in [0.4, 0.5) is 0 Å². The average Bonchev–Trinajstić information content (AvgIpc) is 2.87. The Bertz CT molecular complexity index is 752. The summed E-state index contributed by atoms with van der Waals surface area (Å²) in [5, 5.41) is 2.27. The Kier molecular flexibility index (Phi) is 3.94. The summed E-state index contributed by atoms with van der Waals surface area (Å²) in [6.45, 7) is 2.05. The van der Waals surface area contributed by atoms with Crippen molar-refractivity contribution in [3.05, 3.63) is 36.4 Å². The van der Waals surface area contributed by atoms with Gasteiger partial charge >= 0.3 is 0 Å². The van der Waals surface area contributed by atoms with Crippen molar-refractivity contribution < 1.29 is 9.47 Å². The highest BCUT2D eigenvalue weighted by atomic mass is 16.5. The van der Waals surface area contributed by atoms with Crippen LogP contribution in [-0.4, -0.2) is 31.3 Å². The Morgan fingerprint density at radius 2 is 1.43 bits per heavy atom. The zero-order valence-corrected chi connectivity index (χ0v) is 11.8. The van der Waals surface area contributed by atoms with Crippen LogP contribution in [0.5, 0.6) is 11.5 Å². The van der Waals surface area contributed by atoms with Gasteiger partial charge in [-0.3, -0.25) is 0 Å². The Morgan fingerprint density at radius 3 is 2.14 bits per heavy atom. The summed E-state index contributed by atoms with van der Waals surface area (Å²) >= 11 is 0. The molecule has 0 fully saturated rings. The number of fused-ring (bicyclic) bond motifs is 3. The first-order chi connectivity index (χ1) is 10.3. The van der Waals surface area contributed by atoms with E-state index in [2.05, 4.69) is 4.98 Å². The van der Waals surface area contributed by atoms with Gasteiger partial charge in [-0.1, -0.05) is 0 Å². The normalized spacial score (nSPS) is 11.1. The third-order valence-electron chi connectivity index (χ3n) is 3.31. The molecule has 0 atom stereocenters. The molecule has 1 aromatic heterocycles. The van der Waals surface area contributed by atoms with Crippen LogP contribution >= 0.6 is 0 Å². The number of H-pyrrole nitrogens is 1. The monoisotopic (exact) mass is 285 g/mol. The summed E-state index contributed by atoms with van der Waals surface area (Å²) in [4.78, 5) is 3.39. The van der Waals surface area contributed by atoms with Crippen LogP contribution in [-0.2, 0) is 0 Å². The van der Waals surface area contributed by atoms with Gasteiger partial charge in [0, 0.05) is 35.4 Å². The van der Waals surface area contributed by atoms with Crippen LogP contribution in [0.3, 0.4) is 0 Å². The highest BCUT2D eigenvalue weighted by Gasteiger charge is 2.07. The third-order valence-corrected chi connectivity index (χ3v) is 3.31. The second-order valence-corrected chi connectivity index (χ2v) is 4.81. The molecule has 0 spiro atoms. The quantitative estimate of drug-likeness (QED) is 0.646. The summed E-state index contributed by atoms with van der Waals surface area (Å²) < 4.78 is 11.1. The number of nitrogens with one attached hydrogen (secondary N) is 1. The van der Waals surface area contributed by atoms with E-state index >= 15 is 0 Å². The number of rotatable bonds is 6. The number of nitrogens with two attached hydrogens (primary N) is 2. The molecule has 0 aliphatic carbocycles. The van der Waals surface area contributed by atoms with Crippen molar-refractivity contribution in [2.45, 2.75) is 0 Å². The lowest BCUT2D eigenvalue weighted by molar-refractivity contribution is 0.328. The Morgan fingerprint density at radius 1 is 0.762 bits per heavy atom. The second kappa shape index (κ2) is 6.03. The van der Waals surface area contributed by atoms with E-state index < -0.39 is 0 Å². The standard InChI is InChI=1S/C16H19N3O2/c17-5-7-20-11-2-4-15-14(9-11)13-3-1-12(21-8-6-18)10-16(13)19-15/h1-4,9-10,19H,5-8,17-18H2. The van der Waals surface area contributed by atoms with E-state index in [4.69, 9.17) is 20.9 Å². The molecule has 5 nitrogen and oxygen atoms in total. The minimum Gasteiger partial charge on any atom is -0.492 e. The van der Waals surface area contributed by atoms with Gasteiger partial charge in [-0.2, -0.15) is 0 Å². The fraction of sp³-hybridized carbons (Fsp3) is 0.250. The smallest absolute Gasteiger partial charge is 0.121 e. The van der Waals surface area contributed by atoms with Crippen molar-refractivity contribution in [1.82, 2.24) is 4.98 Å². The van der Waals surface area contributed by atoms with Gasteiger partial charge in [0.1, 0.15) is 24.7 Å².